The van der Waals surface area contributed by atoms with Gasteiger partial charge in [0, 0.05) is 50.1 Å². The first-order chi connectivity index (χ1) is 19.6. The number of piperidine rings is 1. The van der Waals surface area contributed by atoms with Gasteiger partial charge in [-0.15, -0.1) is 0 Å². The second kappa shape index (κ2) is 11.8. The fourth-order valence-corrected chi connectivity index (χ4v) is 5.02. The standard InChI is InChI=1S/C31H34N6O3/c1-36(23-11-12-23)19-6-10-28(38)37-20-5-7-22(21-37)33-31-29-27(17-18-32-30(29)34-35-31)40-26-15-13-25(14-16-26)39-24-8-3-2-4-9-24/h2-4,6,8-10,13-18,22-23H,5,7,11-12,19-21H2,1H3,(H2,32,33,34,35). The van der Waals surface area contributed by atoms with Crippen LogP contribution in [0.4, 0.5) is 5.82 Å². The van der Waals surface area contributed by atoms with Crippen molar-refractivity contribution >= 4 is 22.8 Å². The summed E-state index contributed by atoms with van der Waals surface area (Å²) in [6.45, 7) is 2.19. The lowest BCUT2D eigenvalue weighted by Gasteiger charge is -2.32. The molecule has 2 N–H and O–H groups in total. The van der Waals surface area contributed by atoms with Crippen LogP contribution >= 0.6 is 0 Å². The van der Waals surface area contributed by atoms with Crippen LogP contribution in [-0.4, -0.2) is 69.7 Å². The summed E-state index contributed by atoms with van der Waals surface area (Å²) in [7, 11) is 2.11. The summed E-state index contributed by atoms with van der Waals surface area (Å²) in [6.07, 6.45) is 9.80. The Morgan fingerprint density at radius 1 is 1.05 bits per heavy atom. The van der Waals surface area contributed by atoms with Gasteiger partial charge in [-0.3, -0.25) is 14.8 Å². The van der Waals surface area contributed by atoms with Crippen LogP contribution in [-0.2, 0) is 4.79 Å². The average Bonchev–Trinajstić information content (AvgIpc) is 3.76. The first-order valence-corrected chi connectivity index (χ1v) is 13.9. The number of nitrogens with zero attached hydrogens (tertiary/aromatic N) is 4. The van der Waals surface area contributed by atoms with Crippen molar-refractivity contribution < 1.29 is 14.3 Å². The molecule has 40 heavy (non-hydrogen) atoms. The Kier molecular flexibility index (Phi) is 7.63. The van der Waals surface area contributed by atoms with Gasteiger partial charge in [0.25, 0.3) is 0 Å². The number of fused-ring (bicyclic) bond motifs is 1. The molecule has 1 unspecified atom stereocenters. The number of benzene rings is 2. The molecule has 6 rings (SSSR count). The number of aromatic nitrogens is 3. The van der Waals surface area contributed by atoms with E-state index >= 15 is 0 Å². The number of likely N-dealkylation sites (N-methyl/N-ethyl adjacent to an activating group) is 1. The van der Waals surface area contributed by atoms with Crippen molar-refractivity contribution in [2.24, 2.45) is 0 Å². The van der Waals surface area contributed by atoms with Gasteiger partial charge in [0.2, 0.25) is 5.91 Å². The Hall–Kier alpha value is -4.37. The van der Waals surface area contributed by atoms with Crippen LogP contribution in [0.25, 0.3) is 11.0 Å². The van der Waals surface area contributed by atoms with Crippen molar-refractivity contribution in [3.8, 4) is 23.0 Å². The molecule has 3 heterocycles. The zero-order valence-electron chi connectivity index (χ0n) is 22.6. The monoisotopic (exact) mass is 538 g/mol. The van der Waals surface area contributed by atoms with E-state index in [9.17, 15) is 4.79 Å². The number of H-pyrrole nitrogens is 1. The number of rotatable bonds is 10. The van der Waals surface area contributed by atoms with E-state index in [1.54, 1.807) is 12.3 Å². The normalized spacial score (nSPS) is 17.4. The van der Waals surface area contributed by atoms with Gasteiger partial charge in [-0.1, -0.05) is 24.3 Å². The average molecular weight is 539 g/mol. The molecule has 0 spiro atoms. The van der Waals surface area contributed by atoms with E-state index < -0.39 is 0 Å². The first kappa shape index (κ1) is 25.9. The molecule has 4 aromatic rings. The van der Waals surface area contributed by atoms with E-state index in [0.717, 1.165) is 42.8 Å². The van der Waals surface area contributed by atoms with E-state index in [1.807, 2.05) is 71.6 Å². The minimum Gasteiger partial charge on any atom is -0.457 e. The second-order valence-corrected chi connectivity index (χ2v) is 10.4. The van der Waals surface area contributed by atoms with Gasteiger partial charge >= 0.3 is 0 Å². The van der Waals surface area contributed by atoms with Gasteiger partial charge in [-0.05, 0) is 69.1 Å². The van der Waals surface area contributed by atoms with Gasteiger partial charge in [-0.25, -0.2) is 4.98 Å². The zero-order valence-corrected chi connectivity index (χ0v) is 22.6. The quantitative estimate of drug-likeness (QED) is 0.254. The molecule has 0 bridgehead atoms. The van der Waals surface area contributed by atoms with Gasteiger partial charge in [0.15, 0.2) is 11.5 Å². The van der Waals surface area contributed by atoms with Crippen LogP contribution in [0.1, 0.15) is 25.7 Å². The molecule has 1 amide bonds. The fraction of sp³-hybridized carbons (Fsp3) is 0.323. The minimum absolute atomic E-state index is 0.0629. The maximum Gasteiger partial charge on any atom is 0.246 e. The number of nitrogens with one attached hydrogen (secondary N) is 2. The lowest BCUT2D eigenvalue weighted by molar-refractivity contribution is -0.127. The molecule has 1 atom stereocenters. The summed E-state index contributed by atoms with van der Waals surface area (Å²) in [4.78, 5) is 21.5. The van der Waals surface area contributed by atoms with Crippen molar-refractivity contribution in [3.63, 3.8) is 0 Å². The molecule has 1 saturated carbocycles. The third-order valence-electron chi connectivity index (χ3n) is 7.35. The number of carbonyl (C=O) groups is 1. The largest absolute Gasteiger partial charge is 0.457 e. The lowest BCUT2D eigenvalue weighted by atomic mass is 10.1. The highest BCUT2D eigenvalue weighted by Gasteiger charge is 2.26. The van der Waals surface area contributed by atoms with Gasteiger partial charge in [0.05, 0.1) is 0 Å². The molecule has 2 aromatic carbocycles. The molecule has 1 saturated heterocycles. The van der Waals surface area contributed by atoms with E-state index in [2.05, 4.69) is 32.4 Å². The zero-order chi connectivity index (χ0) is 27.3. The summed E-state index contributed by atoms with van der Waals surface area (Å²) in [5, 5.41) is 11.8. The predicted octanol–water partition coefficient (Wildman–Crippen LogP) is 5.60. The number of ether oxygens (including phenoxy) is 2. The van der Waals surface area contributed by atoms with E-state index in [1.165, 1.54) is 12.8 Å². The number of pyridine rings is 1. The van der Waals surface area contributed by atoms with Gasteiger partial charge in [0.1, 0.15) is 28.4 Å². The van der Waals surface area contributed by atoms with Crippen LogP contribution in [0.5, 0.6) is 23.0 Å². The van der Waals surface area contributed by atoms with Crippen LogP contribution in [0.2, 0.25) is 0 Å². The number of carbonyl (C=O) groups excluding carboxylic acids is 1. The Bertz CT molecular complexity index is 1470. The molecule has 9 heteroatoms. The first-order valence-electron chi connectivity index (χ1n) is 13.9. The highest BCUT2D eigenvalue weighted by atomic mass is 16.5. The Morgan fingerprint density at radius 2 is 1.80 bits per heavy atom. The third-order valence-corrected chi connectivity index (χ3v) is 7.35. The number of hydrogen-bond donors (Lipinski definition) is 2. The number of anilines is 1. The van der Waals surface area contributed by atoms with Crippen molar-refractivity contribution in [1.29, 1.82) is 0 Å². The van der Waals surface area contributed by atoms with Crippen LogP contribution in [0.15, 0.2) is 79.0 Å². The van der Waals surface area contributed by atoms with Crippen molar-refractivity contribution in [1.82, 2.24) is 25.0 Å². The SMILES string of the molecule is CN(CC=CC(=O)N1CCCC(Nc2n[nH]c3nccc(Oc4ccc(Oc5ccccc5)cc4)c23)C1)C1CC1. The highest BCUT2D eigenvalue weighted by Crippen LogP contribution is 2.34. The molecule has 1 aliphatic heterocycles. The summed E-state index contributed by atoms with van der Waals surface area (Å²) in [6, 6.07) is 19.8. The second-order valence-electron chi connectivity index (χ2n) is 10.4. The summed E-state index contributed by atoms with van der Waals surface area (Å²) < 4.78 is 12.1. The maximum atomic E-state index is 12.8. The Morgan fingerprint density at radius 3 is 2.58 bits per heavy atom. The summed E-state index contributed by atoms with van der Waals surface area (Å²) >= 11 is 0. The van der Waals surface area contributed by atoms with Gasteiger partial charge < -0.3 is 19.7 Å². The molecule has 0 radical (unpaired) electrons. The number of para-hydroxylation sites is 1. The molecule has 2 fully saturated rings. The van der Waals surface area contributed by atoms with Crippen molar-refractivity contribution in [2.45, 2.75) is 37.8 Å². The van der Waals surface area contributed by atoms with E-state index in [-0.39, 0.29) is 11.9 Å². The molecule has 2 aromatic heterocycles. The predicted molar refractivity (Wildman–Crippen MR) is 155 cm³/mol. The van der Waals surface area contributed by atoms with E-state index in [4.69, 9.17) is 9.47 Å². The number of aromatic amines is 1. The molecular weight excluding hydrogens is 504 g/mol. The number of hydrogen-bond acceptors (Lipinski definition) is 7. The Labute approximate surface area is 233 Å². The fourth-order valence-electron chi connectivity index (χ4n) is 5.02. The maximum absolute atomic E-state index is 12.8. The smallest absolute Gasteiger partial charge is 0.246 e. The lowest BCUT2D eigenvalue weighted by Crippen LogP contribution is -2.44. The number of amides is 1. The van der Waals surface area contributed by atoms with Crippen LogP contribution in [0, 0.1) is 0 Å². The minimum atomic E-state index is 0.0629. The Balaban J connectivity index is 1.11. The summed E-state index contributed by atoms with van der Waals surface area (Å²) in [5.41, 5.74) is 0.635. The van der Waals surface area contributed by atoms with Crippen LogP contribution < -0.4 is 14.8 Å². The van der Waals surface area contributed by atoms with Crippen LogP contribution in [0.3, 0.4) is 0 Å². The molecule has 2 aliphatic rings. The van der Waals surface area contributed by atoms with Crippen molar-refractivity contribution in [3.05, 3.63) is 79.0 Å². The molecule has 206 valence electrons. The van der Waals surface area contributed by atoms with Crippen molar-refractivity contribution in [2.75, 3.05) is 32.0 Å². The number of likely N-dealkylation sites (tertiary alicyclic amines) is 1. The summed E-state index contributed by atoms with van der Waals surface area (Å²) in [5.74, 6) is 3.56. The molecule has 1 aliphatic carbocycles. The van der Waals surface area contributed by atoms with Gasteiger partial charge in [-0.2, -0.15) is 5.10 Å². The third kappa shape index (κ3) is 6.26. The highest BCUT2D eigenvalue weighted by molar-refractivity contribution is 5.93. The van der Waals surface area contributed by atoms with E-state index in [0.29, 0.717) is 35.6 Å². The topological polar surface area (TPSA) is 95.6 Å². The molecule has 9 nitrogen and oxygen atoms in total. The molecular formula is C31H34N6O3.